The van der Waals surface area contributed by atoms with Gasteiger partial charge in [-0.2, -0.15) is 0 Å². The van der Waals surface area contributed by atoms with E-state index in [1.807, 2.05) is 0 Å². The molecule has 1 saturated heterocycles. The van der Waals surface area contributed by atoms with Gasteiger partial charge in [-0.1, -0.05) is 13.8 Å². The molecule has 1 fully saturated rings. The monoisotopic (exact) mass is 462 g/mol. The third kappa shape index (κ3) is 6.31. The molecular formula is C25H38N2O6. The first-order valence-corrected chi connectivity index (χ1v) is 11.9. The molecule has 4 unspecified atom stereocenters. The van der Waals surface area contributed by atoms with Crippen molar-refractivity contribution in [2.24, 2.45) is 17.8 Å². The van der Waals surface area contributed by atoms with Crippen LogP contribution in [0.2, 0.25) is 0 Å². The van der Waals surface area contributed by atoms with Gasteiger partial charge in [0.05, 0.1) is 27.2 Å². The molecule has 8 nitrogen and oxygen atoms in total. The van der Waals surface area contributed by atoms with E-state index in [1.165, 1.54) is 11.1 Å². The summed E-state index contributed by atoms with van der Waals surface area (Å²) in [5, 5.41) is 11.5. The number of benzene rings is 1. The summed E-state index contributed by atoms with van der Waals surface area (Å²) < 4.78 is 16.7. The van der Waals surface area contributed by atoms with Crippen LogP contribution >= 0.6 is 0 Å². The number of rotatable bonds is 9. The molecule has 1 amide bonds. The van der Waals surface area contributed by atoms with Crippen molar-refractivity contribution in [2.45, 2.75) is 58.5 Å². The Kier molecular flexibility index (Phi) is 8.46. The lowest BCUT2D eigenvalue weighted by Crippen LogP contribution is -2.47. The van der Waals surface area contributed by atoms with Crippen LogP contribution in [-0.2, 0) is 16.0 Å². The Morgan fingerprint density at radius 3 is 2.48 bits per heavy atom. The third-order valence-corrected chi connectivity index (χ3v) is 6.82. The van der Waals surface area contributed by atoms with Gasteiger partial charge in [-0.3, -0.25) is 9.69 Å². The fourth-order valence-corrected chi connectivity index (χ4v) is 5.32. The summed E-state index contributed by atoms with van der Waals surface area (Å²) in [4.78, 5) is 25.7. The number of amides is 1. The normalized spacial score (nSPS) is 23.3. The maximum absolute atomic E-state index is 12.3. The van der Waals surface area contributed by atoms with Crippen LogP contribution in [0.5, 0.6) is 11.5 Å². The molecule has 0 saturated carbocycles. The van der Waals surface area contributed by atoms with Crippen LogP contribution in [0.25, 0.3) is 0 Å². The van der Waals surface area contributed by atoms with E-state index < -0.39 is 18.1 Å². The highest BCUT2D eigenvalue weighted by Gasteiger charge is 2.40. The van der Waals surface area contributed by atoms with E-state index in [4.69, 9.17) is 19.3 Å². The first-order valence-electron chi connectivity index (χ1n) is 11.9. The Balaban J connectivity index is 1.74. The SMILES string of the molecule is COc1cc2c(cc1OC)C1CC(COC(=O)NC(C)CC(=O)O)C(CC(C)C)CN1CC2. The van der Waals surface area contributed by atoms with Crippen LogP contribution in [0, 0.1) is 17.8 Å². The molecule has 0 aliphatic carbocycles. The van der Waals surface area contributed by atoms with E-state index in [9.17, 15) is 9.59 Å². The summed E-state index contributed by atoms with van der Waals surface area (Å²) in [7, 11) is 3.32. The van der Waals surface area contributed by atoms with E-state index >= 15 is 0 Å². The Morgan fingerprint density at radius 2 is 1.85 bits per heavy atom. The Bertz CT molecular complexity index is 842. The molecule has 2 heterocycles. The topological polar surface area (TPSA) is 97.3 Å². The Labute approximate surface area is 196 Å². The van der Waals surface area contributed by atoms with Crippen LogP contribution in [0.3, 0.4) is 0 Å². The maximum Gasteiger partial charge on any atom is 0.407 e. The van der Waals surface area contributed by atoms with Gasteiger partial charge in [-0.25, -0.2) is 4.79 Å². The molecule has 1 aromatic rings. The van der Waals surface area contributed by atoms with Gasteiger partial charge in [-0.15, -0.1) is 0 Å². The first-order chi connectivity index (χ1) is 15.7. The summed E-state index contributed by atoms with van der Waals surface area (Å²) in [5.74, 6) is 1.77. The summed E-state index contributed by atoms with van der Waals surface area (Å²) >= 11 is 0. The third-order valence-electron chi connectivity index (χ3n) is 6.82. The minimum absolute atomic E-state index is 0.131. The van der Waals surface area contributed by atoms with Crippen LogP contribution < -0.4 is 14.8 Å². The number of hydrogen-bond acceptors (Lipinski definition) is 6. The number of carboxylic acids is 1. The van der Waals surface area contributed by atoms with Crippen molar-refractivity contribution in [1.29, 1.82) is 0 Å². The van der Waals surface area contributed by atoms with Crippen molar-refractivity contribution in [3.05, 3.63) is 23.3 Å². The number of alkyl carbamates (subject to hydrolysis) is 1. The van der Waals surface area contributed by atoms with Gasteiger partial charge in [0, 0.05) is 25.2 Å². The minimum atomic E-state index is -0.949. The van der Waals surface area contributed by atoms with Gasteiger partial charge in [-0.05, 0) is 67.2 Å². The number of carboxylic acid groups (broad SMARTS) is 1. The smallest absolute Gasteiger partial charge is 0.407 e. The number of fused-ring (bicyclic) bond motifs is 3. The van der Waals surface area contributed by atoms with Crippen molar-refractivity contribution >= 4 is 12.1 Å². The van der Waals surface area contributed by atoms with E-state index in [0.29, 0.717) is 18.4 Å². The van der Waals surface area contributed by atoms with Crippen molar-refractivity contribution in [3.63, 3.8) is 0 Å². The second-order valence-electron chi connectivity index (χ2n) is 9.79. The predicted octanol–water partition coefficient (Wildman–Crippen LogP) is 3.87. The van der Waals surface area contributed by atoms with E-state index in [0.717, 1.165) is 43.9 Å². The number of aliphatic carboxylic acids is 1. The molecule has 0 radical (unpaired) electrons. The number of hydrogen-bond donors (Lipinski definition) is 2. The van der Waals surface area contributed by atoms with Crippen LogP contribution in [0.4, 0.5) is 4.79 Å². The van der Waals surface area contributed by atoms with Crippen LogP contribution in [-0.4, -0.2) is 62.0 Å². The van der Waals surface area contributed by atoms with E-state index in [1.54, 1.807) is 21.1 Å². The second kappa shape index (κ2) is 11.1. The number of ether oxygens (including phenoxy) is 3. The molecule has 0 aromatic heterocycles. The highest BCUT2D eigenvalue weighted by molar-refractivity contribution is 5.71. The van der Waals surface area contributed by atoms with Gasteiger partial charge in [0.25, 0.3) is 0 Å². The van der Waals surface area contributed by atoms with Crippen molar-refractivity contribution < 1.29 is 28.9 Å². The fourth-order valence-electron chi connectivity index (χ4n) is 5.32. The highest BCUT2D eigenvalue weighted by atomic mass is 16.5. The van der Waals surface area contributed by atoms with Crippen LogP contribution in [0.15, 0.2) is 12.1 Å². The number of nitrogens with zero attached hydrogens (tertiary/aromatic N) is 1. The van der Waals surface area contributed by atoms with Crippen molar-refractivity contribution in [1.82, 2.24) is 10.2 Å². The number of nitrogens with one attached hydrogen (secondary N) is 1. The second-order valence-corrected chi connectivity index (χ2v) is 9.79. The molecule has 2 aliphatic rings. The van der Waals surface area contributed by atoms with Gasteiger partial charge in [0.2, 0.25) is 0 Å². The molecule has 2 N–H and O–H groups in total. The zero-order valence-electron chi connectivity index (χ0n) is 20.4. The number of piperidine rings is 1. The van der Waals surface area contributed by atoms with Crippen molar-refractivity contribution in [3.8, 4) is 11.5 Å². The minimum Gasteiger partial charge on any atom is -0.493 e. The van der Waals surface area contributed by atoms with Crippen molar-refractivity contribution in [2.75, 3.05) is 33.9 Å². The Hall–Kier alpha value is -2.48. The maximum atomic E-state index is 12.3. The number of methoxy groups -OCH3 is 2. The summed E-state index contributed by atoms with van der Waals surface area (Å²) in [6, 6.07) is 3.97. The van der Waals surface area contributed by atoms with Crippen LogP contribution in [0.1, 0.15) is 57.2 Å². The lowest BCUT2D eigenvalue weighted by Gasteiger charge is -2.47. The average molecular weight is 463 g/mol. The zero-order valence-corrected chi connectivity index (χ0v) is 20.4. The zero-order chi connectivity index (χ0) is 24.1. The molecule has 184 valence electrons. The van der Waals surface area contributed by atoms with Gasteiger partial charge >= 0.3 is 12.1 Å². The lowest BCUT2D eigenvalue weighted by molar-refractivity contribution is -0.137. The van der Waals surface area contributed by atoms with Gasteiger partial charge in [0.15, 0.2) is 11.5 Å². The average Bonchev–Trinajstić information content (AvgIpc) is 2.75. The predicted molar refractivity (Wildman–Crippen MR) is 125 cm³/mol. The summed E-state index contributed by atoms with van der Waals surface area (Å²) in [5.41, 5.74) is 2.56. The molecule has 8 heteroatoms. The molecule has 0 spiro atoms. The molecule has 4 atom stereocenters. The summed E-state index contributed by atoms with van der Waals surface area (Å²) in [6.45, 7) is 8.43. The van der Waals surface area contributed by atoms with E-state index in [2.05, 4.69) is 36.2 Å². The standard InChI is InChI=1S/C25H38N2O6/c1-15(2)8-18-13-27-7-6-17-11-22(31-4)23(32-5)12-20(17)21(27)10-19(18)14-33-25(30)26-16(3)9-24(28)29/h11-12,15-16,18-19,21H,6-10,13-14H2,1-5H3,(H,26,30)(H,28,29). The fraction of sp³-hybridized carbons (Fsp3) is 0.680. The number of carbonyl (C=O) groups is 2. The van der Waals surface area contributed by atoms with Gasteiger partial charge < -0.3 is 24.6 Å². The summed E-state index contributed by atoms with van der Waals surface area (Å²) in [6.07, 6.45) is 2.27. The molecule has 0 bridgehead atoms. The highest BCUT2D eigenvalue weighted by Crippen LogP contribution is 2.45. The number of carbonyl (C=O) groups excluding carboxylic acids is 1. The Morgan fingerprint density at radius 1 is 1.15 bits per heavy atom. The lowest BCUT2D eigenvalue weighted by atomic mass is 9.74. The largest absolute Gasteiger partial charge is 0.493 e. The van der Waals surface area contributed by atoms with Gasteiger partial charge in [0.1, 0.15) is 0 Å². The van der Waals surface area contributed by atoms with E-state index in [-0.39, 0.29) is 18.4 Å². The molecule has 2 aliphatic heterocycles. The quantitative estimate of drug-likeness (QED) is 0.575. The molecule has 33 heavy (non-hydrogen) atoms. The first kappa shape index (κ1) is 25.1. The molecule has 3 rings (SSSR count). The molecule has 1 aromatic carbocycles. The molecular weight excluding hydrogens is 424 g/mol.